The number of fused-ring (bicyclic) bond motifs is 1. The lowest BCUT2D eigenvalue weighted by molar-refractivity contribution is -0.192. The number of hydrogen-bond acceptors (Lipinski definition) is 7. The van der Waals surface area contributed by atoms with Crippen molar-refractivity contribution in [2.45, 2.75) is 52.3 Å². The molecule has 1 aromatic heterocycles. The summed E-state index contributed by atoms with van der Waals surface area (Å²) in [7, 11) is 0. The Hall–Kier alpha value is -4.76. The Kier molecular flexibility index (Phi) is 14.6. The van der Waals surface area contributed by atoms with Crippen molar-refractivity contribution in [3.05, 3.63) is 86.6 Å². The molecule has 1 aliphatic carbocycles. The van der Waals surface area contributed by atoms with Gasteiger partial charge in [-0.05, 0) is 74.9 Å². The molecular weight excluding hydrogens is 641 g/mol. The molecule has 0 unspecified atom stereocenters. The normalized spacial score (nSPS) is 11.9. The van der Waals surface area contributed by atoms with Crippen molar-refractivity contribution in [3.8, 4) is 0 Å². The third-order valence-corrected chi connectivity index (χ3v) is 8.22. The number of carbonyl (C=O) groups excluding carboxylic acids is 3. The summed E-state index contributed by atoms with van der Waals surface area (Å²) in [5, 5.41) is 16.2. The number of halogens is 3. The Morgan fingerprint density at radius 2 is 1.49 bits per heavy atom. The van der Waals surface area contributed by atoms with Crippen LogP contribution in [0.2, 0.25) is 0 Å². The van der Waals surface area contributed by atoms with Crippen LogP contribution in [-0.2, 0) is 29.0 Å². The molecule has 0 saturated carbocycles. The van der Waals surface area contributed by atoms with E-state index < -0.39 is 30.6 Å². The van der Waals surface area contributed by atoms with Gasteiger partial charge in [0.05, 0.1) is 5.56 Å². The number of aliphatic carboxylic acids is 2. The summed E-state index contributed by atoms with van der Waals surface area (Å²) in [5.74, 6) is -4.71. The number of carboxylic acids is 2. The molecule has 254 valence electrons. The monoisotopic (exact) mass is 678 g/mol. The molecular formula is C32H37F3N4O7S. The number of anilines is 1. The number of amides is 3. The Morgan fingerprint density at radius 3 is 2.00 bits per heavy atom. The summed E-state index contributed by atoms with van der Waals surface area (Å²) in [6.07, 6.45) is -1.02. The fraction of sp³-hybridized carbons (Fsp3) is 0.344. The number of aryl methyl sites for hydroxylation is 1. The fourth-order valence-corrected chi connectivity index (χ4v) is 5.88. The minimum Gasteiger partial charge on any atom is -0.480 e. The zero-order valence-corrected chi connectivity index (χ0v) is 26.7. The van der Waals surface area contributed by atoms with Gasteiger partial charge >= 0.3 is 18.1 Å². The third kappa shape index (κ3) is 10.9. The standard InChI is InChI=1S/C16H16N2O3.C14H20N2O2S.C2HF3O2/c17-10-12-5-4-6-13(9-12)16(21)18(11-15(19)20)14-7-2-1-3-8-14;1-3-16(4-2)14(18)11-9-7-5-6-8-10(9)19-12(11)13(15)17;3-2(4,5)1(6)7/h1-9H,10-11,17H2,(H,19,20);3-8H2,1-2H3,(H2,15,17);(H,6,7). The number of nitrogens with zero attached hydrogens (tertiary/aromatic N) is 2. The number of alkyl halides is 3. The first-order valence-electron chi connectivity index (χ1n) is 14.6. The number of primary amides is 1. The van der Waals surface area contributed by atoms with Gasteiger partial charge in [0.1, 0.15) is 11.4 Å². The predicted octanol–water partition coefficient (Wildman–Crippen LogP) is 4.72. The number of nitrogens with two attached hydrogens (primary N) is 2. The van der Waals surface area contributed by atoms with E-state index in [4.69, 9.17) is 26.5 Å². The van der Waals surface area contributed by atoms with Crippen molar-refractivity contribution in [3.63, 3.8) is 0 Å². The molecule has 11 nitrogen and oxygen atoms in total. The maximum absolute atomic E-state index is 12.6. The topological polar surface area (TPSA) is 184 Å². The molecule has 0 atom stereocenters. The van der Waals surface area contributed by atoms with Crippen LogP contribution in [-0.4, -0.2) is 70.6 Å². The minimum absolute atomic E-state index is 0.0433. The molecule has 1 aliphatic rings. The number of rotatable bonds is 9. The van der Waals surface area contributed by atoms with Crippen LogP contribution < -0.4 is 16.4 Å². The van der Waals surface area contributed by atoms with Crippen LogP contribution in [0.4, 0.5) is 18.9 Å². The van der Waals surface area contributed by atoms with E-state index in [1.165, 1.54) is 21.1 Å². The molecule has 0 saturated heterocycles. The summed E-state index contributed by atoms with van der Waals surface area (Å²) in [6, 6.07) is 15.6. The first kappa shape index (κ1) is 38.4. The average Bonchev–Trinajstić information content (AvgIpc) is 3.44. The van der Waals surface area contributed by atoms with E-state index in [-0.39, 0.29) is 11.8 Å². The lowest BCUT2D eigenvalue weighted by Crippen LogP contribution is -2.35. The van der Waals surface area contributed by atoms with Gasteiger partial charge in [-0.25, -0.2) is 4.79 Å². The van der Waals surface area contributed by atoms with E-state index in [2.05, 4.69) is 0 Å². The number of carboxylic acid groups (broad SMARTS) is 2. The fourth-order valence-electron chi connectivity index (χ4n) is 4.65. The summed E-state index contributed by atoms with van der Waals surface area (Å²) in [5.41, 5.74) is 14.5. The molecule has 1 heterocycles. The lowest BCUT2D eigenvalue weighted by atomic mass is 9.94. The van der Waals surface area contributed by atoms with Crippen molar-refractivity contribution in [2.75, 3.05) is 24.5 Å². The van der Waals surface area contributed by atoms with E-state index >= 15 is 0 Å². The van der Waals surface area contributed by atoms with Crippen molar-refractivity contribution in [1.82, 2.24) is 4.90 Å². The van der Waals surface area contributed by atoms with Crippen LogP contribution in [0.25, 0.3) is 0 Å². The largest absolute Gasteiger partial charge is 0.490 e. The van der Waals surface area contributed by atoms with E-state index in [0.29, 0.717) is 41.3 Å². The highest BCUT2D eigenvalue weighted by Gasteiger charge is 2.38. The second-order valence-electron chi connectivity index (χ2n) is 10.1. The van der Waals surface area contributed by atoms with Crippen molar-refractivity contribution in [1.29, 1.82) is 0 Å². The number of thiophene rings is 1. The van der Waals surface area contributed by atoms with Gasteiger partial charge in [0.15, 0.2) is 0 Å². The van der Waals surface area contributed by atoms with Gasteiger partial charge in [-0.2, -0.15) is 13.2 Å². The van der Waals surface area contributed by atoms with Crippen LogP contribution in [0, 0.1) is 0 Å². The van der Waals surface area contributed by atoms with Crippen LogP contribution in [0.5, 0.6) is 0 Å². The molecule has 0 spiro atoms. The second kappa shape index (κ2) is 17.8. The maximum atomic E-state index is 12.6. The molecule has 0 bridgehead atoms. The Balaban J connectivity index is 0.000000274. The molecule has 0 aliphatic heterocycles. The second-order valence-corrected chi connectivity index (χ2v) is 11.2. The number of para-hydroxylation sites is 1. The maximum Gasteiger partial charge on any atom is 0.490 e. The minimum atomic E-state index is -5.08. The van der Waals surface area contributed by atoms with Gasteiger partial charge in [-0.1, -0.05) is 30.3 Å². The summed E-state index contributed by atoms with van der Waals surface area (Å²) < 4.78 is 31.7. The third-order valence-electron chi connectivity index (χ3n) is 6.92. The van der Waals surface area contributed by atoms with Gasteiger partial charge in [0, 0.05) is 35.8 Å². The number of hydrogen-bond donors (Lipinski definition) is 4. The predicted molar refractivity (Wildman–Crippen MR) is 171 cm³/mol. The highest BCUT2D eigenvalue weighted by Crippen LogP contribution is 2.35. The van der Waals surface area contributed by atoms with Crippen LogP contribution >= 0.6 is 11.3 Å². The summed E-state index contributed by atoms with van der Waals surface area (Å²) >= 11 is 1.41. The van der Waals surface area contributed by atoms with Gasteiger partial charge in [0.2, 0.25) is 0 Å². The molecule has 47 heavy (non-hydrogen) atoms. The molecule has 3 aromatic rings. The van der Waals surface area contributed by atoms with E-state index in [0.717, 1.165) is 36.8 Å². The first-order chi connectivity index (χ1) is 22.2. The van der Waals surface area contributed by atoms with Crippen LogP contribution in [0.3, 0.4) is 0 Å². The van der Waals surface area contributed by atoms with Crippen LogP contribution in [0.15, 0.2) is 54.6 Å². The number of carbonyl (C=O) groups is 5. The SMILES string of the molecule is CCN(CC)C(=O)c1c(C(N)=O)sc2c1CCCC2.NCc1cccc(C(=O)N(CC(=O)O)c2ccccc2)c1.O=C(O)C(F)(F)F. The highest BCUT2D eigenvalue weighted by atomic mass is 32.1. The average molecular weight is 679 g/mol. The van der Waals surface area contributed by atoms with Gasteiger partial charge < -0.3 is 26.6 Å². The quantitative estimate of drug-likeness (QED) is 0.251. The van der Waals surface area contributed by atoms with Crippen molar-refractivity contribution >= 4 is 46.7 Å². The molecule has 4 rings (SSSR count). The van der Waals surface area contributed by atoms with Crippen molar-refractivity contribution < 1.29 is 47.4 Å². The van der Waals surface area contributed by atoms with Gasteiger partial charge in [0.25, 0.3) is 17.7 Å². The molecule has 6 N–H and O–H groups in total. The molecule has 0 fully saturated rings. The first-order valence-corrected chi connectivity index (χ1v) is 15.4. The van der Waals surface area contributed by atoms with E-state index in [1.807, 2.05) is 26.0 Å². The van der Waals surface area contributed by atoms with Gasteiger partial charge in [-0.3, -0.25) is 24.1 Å². The highest BCUT2D eigenvalue weighted by molar-refractivity contribution is 7.14. The van der Waals surface area contributed by atoms with Crippen LogP contribution in [0.1, 0.15) is 73.1 Å². The van der Waals surface area contributed by atoms with E-state index in [9.17, 15) is 32.3 Å². The summed E-state index contributed by atoms with van der Waals surface area (Å²) in [6.45, 7) is 5.13. The van der Waals surface area contributed by atoms with Gasteiger partial charge in [-0.15, -0.1) is 11.3 Å². The summed E-state index contributed by atoms with van der Waals surface area (Å²) in [4.78, 5) is 61.3. The molecule has 2 aromatic carbocycles. The van der Waals surface area contributed by atoms with E-state index in [1.54, 1.807) is 47.4 Å². The zero-order chi connectivity index (χ0) is 35.3. The Labute approximate surface area is 273 Å². The van der Waals surface area contributed by atoms with Crippen molar-refractivity contribution in [2.24, 2.45) is 11.5 Å². The zero-order valence-electron chi connectivity index (χ0n) is 25.9. The lowest BCUT2D eigenvalue weighted by Gasteiger charge is -2.21. The Morgan fingerprint density at radius 1 is 0.894 bits per heavy atom. The Bertz CT molecular complexity index is 1560. The molecule has 15 heteroatoms. The smallest absolute Gasteiger partial charge is 0.480 e. The number of benzene rings is 2. The molecule has 3 amide bonds. The molecule has 0 radical (unpaired) electrons.